The van der Waals surface area contributed by atoms with E-state index in [1.807, 2.05) is 20.8 Å². The van der Waals surface area contributed by atoms with Gasteiger partial charge in [0.25, 0.3) is 5.91 Å². The van der Waals surface area contributed by atoms with Crippen molar-refractivity contribution in [2.24, 2.45) is 0 Å². The van der Waals surface area contributed by atoms with Crippen molar-refractivity contribution >= 4 is 46.4 Å². The highest BCUT2D eigenvalue weighted by Gasteiger charge is 2.15. The maximum absolute atomic E-state index is 12.1. The Morgan fingerprint density at radius 2 is 1.54 bits per heavy atom. The molecule has 7 heteroatoms. The molecule has 0 aliphatic carbocycles. The Labute approximate surface area is 163 Å². The highest BCUT2D eigenvalue weighted by molar-refractivity contribution is 6.42. The van der Waals surface area contributed by atoms with Gasteiger partial charge in [0.05, 0.1) is 16.6 Å². The number of benzene rings is 2. The first-order valence-electron chi connectivity index (χ1n) is 8.05. The van der Waals surface area contributed by atoms with E-state index < -0.39 is 0 Å². The number of hydrogen-bond acceptors (Lipinski definition) is 3. The molecule has 0 aromatic heterocycles. The van der Waals surface area contributed by atoms with Crippen LogP contribution in [0.25, 0.3) is 0 Å². The molecule has 26 heavy (non-hydrogen) atoms. The van der Waals surface area contributed by atoms with Gasteiger partial charge in [-0.2, -0.15) is 0 Å². The largest absolute Gasteiger partial charge is 0.376 e. The summed E-state index contributed by atoms with van der Waals surface area (Å²) in [5, 5.41) is 9.43. The summed E-state index contributed by atoms with van der Waals surface area (Å²) in [7, 11) is 0. The Hall–Kier alpha value is -2.24. The lowest BCUT2D eigenvalue weighted by molar-refractivity contribution is -0.114. The maximum atomic E-state index is 12.1. The van der Waals surface area contributed by atoms with Crippen molar-refractivity contribution in [3.05, 3.63) is 58.1 Å². The number of carbonyl (C=O) groups excluding carboxylic acids is 2. The van der Waals surface area contributed by atoms with Gasteiger partial charge in [-0.25, -0.2) is 0 Å². The number of anilines is 2. The summed E-state index contributed by atoms with van der Waals surface area (Å²) in [6.07, 6.45) is 0. The Balaban J connectivity index is 1.88. The molecule has 0 radical (unpaired) electrons. The van der Waals surface area contributed by atoms with Crippen LogP contribution in [0, 0.1) is 0 Å². The minimum Gasteiger partial charge on any atom is -0.376 e. The Kier molecular flexibility index (Phi) is 6.51. The SMILES string of the molecule is CC(C)(C)NC(=O)c1ccc(NCC(=O)Nc2ccc(Cl)c(Cl)c2)cc1. The first kappa shape index (κ1) is 20.1. The summed E-state index contributed by atoms with van der Waals surface area (Å²) in [5.41, 5.74) is 1.57. The second kappa shape index (κ2) is 8.43. The van der Waals surface area contributed by atoms with Crippen LogP contribution < -0.4 is 16.0 Å². The van der Waals surface area contributed by atoms with Crippen molar-refractivity contribution in [3.63, 3.8) is 0 Å². The van der Waals surface area contributed by atoms with Crippen LogP contribution in [0.4, 0.5) is 11.4 Å². The zero-order valence-corrected chi connectivity index (χ0v) is 16.3. The molecule has 0 unspecified atom stereocenters. The third kappa shape index (κ3) is 6.24. The smallest absolute Gasteiger partial charge is 0.251 e. The van der Waals surface area contributed by atoms with Crippen molar-refractivity contribution in [3.8, 4) is 0 Å². The van der Waals surface area contributed by atoms with Crippen LogP contribution >= 0.6 is 23.2 Å². The third-order valence-corrected chi connectivity index (χ3v) is 4.03. The van der Waals surface area contributed by atoms with E-state index in [9.17, 15) is 9.59 Å². The lowest BCUT2D eigenvalue weighted by Crippen LogP contribution is -2.40. The Morgan fingerprint density at radius 1 is 0.923 bits per heavy atom. The molecule has 2 aromatic rings. The molecule has 0 saturated carbocycles. The molecule has 0 bridgehead atoms. The summed E-state index contributed by atoms with van der Waals surface area (Å²) >= 11 is 11.8. The molecule has 0 fully saturated rings. The molecule has 0 atom stereocenters. The number of hydrogen-bond donors (Lipinski definition) is 3. The minimum absolute atomic E-state index is 0.0772. The molecule has 2 amide bonds. The van der Waals surface area contributed by atoms with Gasteiger partial charge in [-0.3, -0.25) is 9.59 Å². The quantitative estimate of drug-likeness (QED) is 0.696. The van der Waals surface area contributed by atoms with Crippen molar-refractivity contribution in [2.45, 2.75) is 26.3 Å². The average Bonchev–Trinajstić information content (AvgIpc) is 2.55. The van der Waals surface area contributed by atoms with Crippen molar-refractivity contribution in [1.82, 2.24) is 5.32 Å². The predicted octanol–water partition coefficient (Wildman–Crippen LogP) is 4.57. The summed E-state index contributed by atoms with van der Waals surface area (Å²) in [6, 6.07) is 11.8. The van der Waals surface area contributed by atoms with E-state index >= 15 is 0 Å². The molecule has 0 heterocycles. The second-order valence-corrected chi connectivity index (χ2v) is 7.63. The van der Waals surface area contributed by atoms with Crippen LogP contribution in [0.1, 0.15) is 31.1 Å². The molecule has 0 aliphatic heterocycles. The van der Waals surface area contributed by atoms with Gasteiger partial charge in [-0.1, -0.05) is 23.2 Å². The van der Waals surface area contributed by atoms with E-state index in [1.165, 1.54) is 0 Å². The zero-order valence-electron chi connectivity index (χ0n) is 14.8. The van der Waals surface area contributed by atoms with Crippen molar-refractivity contribution < 1.29 is 9.59 Å². The standard InChI is InChI=1S/C19H21Cl2N3O2/c1-19(2,3)24-18(26)12-4-6-13(7-5-12)22-11-17(25)23-14-8-9-15(20)16(21)10-14/h4-10,22H,11H2,1-3H3,(H,23,25)(H,24,26). The van der Waals surface area contributed by atoms with Crippen LogP contribution in [0.3, 0.4) is 0 Å². The molecule has 0 saturated heterocycles. The summed E-state index contributed by atoms with van der Waals surface area (Å²) in [4.78, 5) is 24.1. The molecule has 0 spiro atoms. The molecule has 3 N–H and O–H groups in total. The number of halogens is 2. The molecule has 138 valence electrons. The fourth-order valence-corrected chi connectivity index (χ4v) is 2.41. The Morgan fingerprint density at radius 3 is 2.12 bits per heavy atom. The number of carbonyl (C=O) groups is 2. The lowest BCUT2D eigenvalue weighted by Gasteiger charge is -2.20. The van der Waals surface area contributed by atoms with Gasteiger partial charge in [-0.15, -0.1) is 0 Å². The average molecular weight is 394 g/mol. The van der Waals surface area contributed by atoms with Crippen LogP contribution in [0.5, 0.6) is 0 Å². The van der Waals surface area contributed by atoms with Crippen molar-refractivity contribution in [2.75, 3.05) is 17.2 Å². The van der Waals surface area contributed by atoms with Gasteiger partial charge < -0.3 is 16.0 Å². The number of nitrogens with one attached hydrogen (secondary N) is 3. The van der Waals surface area contributed by atoms with E-state index in [4.69, 9.17) is 23.2 Å². The molecule has 2 rings (SSSR count). The third-order valence-electron chi connectivity index (χ3n) is 3.29. The van der Waals surface area contributed by atoms with E-state index in [1.54, 1.807) is 42.5 Å². The van der Waals surface area contributed by atoms with Gasteiger partial charge in [0.15, 0.2) is 0 Å². The first-order chi connectivity index (χ1) is 12.1. The Bertz CT molecular complexity index is 799. The van der Waals surface area contributed by atoms with E-state index in [2.05, 4.69) is 16.0 Å². The summed E-state index contributed by atoms with van der Waals surface area (Å²) in [6.45, 7) is 5.85. The molecular formula is C19H21Cl2N3O2. The van der Waals surface area contributed by atoms with Gasteiger partial charge in [0.1, 0.15) is 0 Å². The van der Waals surface area contributed by atoms with Crippen LogP contribution in [-0.4, -0.2) is 23.9 Å². The highest BCUT2D eigenvalue weighted by atomic mass is 35.5. The lowest BCUT2D eigenvalue weighted by atomic mass is 10.1. The van der Waals surface area contributed by atoms with Gasteiger partial charge >= 0.3 is 0 Å². The molecule has 2 aromatic carbocycles. The normalized spacial score (nSPS) is 11.0. The van der Waals surface area contributed by atoms with Crippen molar-refractivity contribution in [1.29, 1.82) is 0 Å². The van der Waals surface area contributed by atoms with E-state index in [0.717, 1.165) is 5.69 Å². The van der Waals surface area contributed by atoms with Gasteiger partial charge in [0.2, 0.25) is 5.91 Å². The topological polar surface area (TPSA) is 70.2 Å². The van der Waals surface area contributed by atoms with Crippen LogP contribution in [0.15, 0.2) is 42.5 Å². The van der Waals surface area contributed by atoms with Crippen LogP contribution in [0.2, 0.25) is 10.0 Å². The summed E-state index contributed by atoms with van der Waals surface area (Å²) in [5.74, 6) is -0.362. The molecule has 0 aliphatic rings. The fourth-order valence-electron chi connectivity index (χ4n) is 2.11. The first-order valence-corrected chi connectivity index (χ1v) is 8.81. The maximum Gasteiger partial charge on any atom is 0.251 e. The van der Waals surface area contributed by atoms with Crippen LogP contribution in [-0.2, 0) is 4.79 Å². The van der Waals surface area contributed by atoms with Gasteiger partial charge in [0, 0.05) is 22.5 Å². The van der Waals surface area contributed by atoms with Gasteiger partial charge in [-0.05, 0) is 63.2 Å². The fraction of sp³-hybridized carbons (Fsp3) is 0.263. The van der Waals surface area contributed by atoms with E-state index in [0.29, 0.717) is 21.3 Å². The molecular weight excluding hydrogens is 373 g/mol. The minimum atomic E-state index is -0.295. The zero-order chi connectivity index (χ0) is 19.3. The summed E-state index contributed by atoms with van der Waals surface area (Å²) < 4.78 is 0. The van der Waals surface area contributed by atoms with E-state index in [-0.39, 0.29) is 23.9 Å². The molecule has 5 nitrogen and oxygen atoms in total. The monoisotopic (exact) mass is 393 g/mol. The highest BCUT2D eigenvalue weighted by Crippen LogP contribution is 2.24. The predicted molar refractivity (Wildman–Crippen MR) is 107 cm³/mol. The number of rotatable bonds is 5. The second-order valence-electron chi connectivity index (χ2n) is 6.81. The number of amides is 2.